The quantitative estimate of drug-likeness (QED) is 0.474. The normalized spacial score (nSPS) is 23.6. The summed E-state index contributed by atoms with van der Waals surface area (Å²) in [5, 5.41) is 0. The molecule has 0 nitrogen and oxygen atoms in total. The van der Waals surface area contributed by atoms with Crippen LogP contribution in [0, 0.1) is 11.8 Å². The largest absolute Gasteiger partial charge is 0.0683 e. The molecule has 1 aliphatic rings. The van der Waals surface area contributed by atoms with Gasteiger partial charge in [-0.3, -0.25) is 0 Å². The van der Waals surface area contributed by atoms with Crippen molar-refractivity contribution in [1.29, 1.82) is 0 Å². The first-order valence-corrected chi connectivity index (χ1v) is 8.38. The molecule has 0 aromatic heterocycles. The van der Waals surface area contributed by atoms with Crippen molar-refractivity contribution in [2.75, 3.05) is 0 Å². The van der Waals surface area contributed by atoms with E-state index >= 15 is 0 Å². The van der Waals surface area contributed by atoms with E-state index in [1.807, 2.05) is 27.7 Å². The molecule has 2 unspecified atom stereocenters. The van der Waals surface area contributed by atoms with E-state index in [1.54, 1.807) is 0 Å². The Hall–Kier alpha value is 0. The van der Waals surface area contributed by atoms with Gasteiger partial charge in [-0.05, 0) is 11.8 Å². The fraction of sp³-hybridized carbons (Fsp3) is 1.00. The molecule has 0 heteroatoms. The number of hydrogen-bond acceptors (Lipinski definition) is 0. The van der Waals surface area contributed by atoms with Crippen molar-refractivity contribution in [2.24, 2.45) is 11.8 Å². The molecular formula is C17H38. The highest BCUT2D eigenvalue weighted by molar-refractivity contribution is 4.73. The van der Waals surface area contributed by atoms with Crippen LogP contribution in [0.2, 0.25) is 0 Å². The minimum absolute atomic E-state index is 1.08. The Kier molecular flexibility index (Phi) is 18.2. The van der Waals surface area contributed by atoms with Gasteiger partial charge in [0.2, 0.25) is 0 Å². The highest BCUT2D eigenvalue weighted by Gasteiger charge is 2.21. The van der Waals surface area contributed by atoms with E-state index in [1.165, 1.54) is 57.8 Å². The van der Waals surface area contributed by atoms with Crippen molar-refractivity contribution in [3.63, 3.8) is 0 Å². The van der Waals surface area contributed by atoms with Gasteiger partial charge < -0.3 is 0 Å². The van der Waals surface area contributed by atoms with Crippen LogP contribution >= 0.6 is 0 Å². The molecule has 106 valence electrons. The molecule has 0 bridgehead atoms. The molecule has 1 rings (SSSR count). The van der Waals surface area contributed by atoms with Crippen molar-refractivity contribution in [3.8, 4) is 0 Å². The molecule has 0 N–H and O–H groups in total. The van der Waals surface area contributed by atoms with Crippen LogP contribution < -0.4 is 0 Å². The van der Waals surface area contributed by atoms with Gasteiger partial charge in [0.1, 0.15) is 0 Å². The summed E-state index contributed by atoms with van der Waals surface area (Å²) in [5.41, 5.74) is 0. The lowest BCUT2D eigenvalue weighted by molar-refractivity contribution is 0.274. The smallest absolute Gasteiger partial charge is 0.0386 e. The van der Waals surface area contributed by atoms with E-state index in [-0.39, 0.29) is 0 Å². The third kappa shape index (κ3) is 9.68. The summed E-state index contributed by atoms with van der Waals surface area (Å²) >= 11 is 0. The van der Waals surface area contributed by atoms with E-state index in [4.69, 9.17) is 0 Å². The number of hydrogen-bond donors (Lipinski definition) is 0. The summed E-state index contributed by atoms with van der Waals surface area (Å²) in [6, 6.07) is 0. The Bertz CT molecular complexity index is 103. The van der Waals surface area contributed by atoms with Crippen molar-refractivity contribution >= 4 is 0 Å². The first-order chi connectivity index (χ1) is 8.38. The second-order valence-electron chi connectivity index (χ2n) is 4.74. The maximum Gasteiger partial charge on any atom is -0.0386 e. The van der Waals surface area contributed by atoms with Crippen molar-refractivity contribution in [3.05, 3.63) is 0 Å². The summed E-state index contributed by atoms with van der Waals surface area (Å²) in [6.45, 7) is 12.7. The second-order valence-corrected chi connectivity index (χ2v) is 4.74. The highest BCUT2D eigenvalue weighted by atomic mass is 14.3. The average Bonchev–Trinajstić information content (AvgIpc) is 2.61. The van der Waals surface area contributed by atoms with Crippen LogP contribution in [0.5, 0.6) is 0 Å². The fourth-order valence-corrected chi connectivity index (χ4v) is 2.96. The van der Waals surface area contributed by atoms with Gasteiger partial charge in [0.15, 0.2) is 0 Å². The van der Waals surface area contributed by atoms with Crippen LogP contribution in [0.15, 0.2) is 0 Å². The van der Waals surface area contributed by atoms with Crippen LogP contribution in [0.3, 0.4) is 0 Å². The topological polar surface area (TPSA) is 0 Å². The van der Waals surface area contributed by atoms with Crippen molar-refractivity contribution < 1.29 is 0 Å². The van der Waals surface area contributed by atoms with E-state index in [2.05, 4.69) is 13.8 Å². The first-order valence-electron chi connectivity index (χ1n) is 8.38. The van der Waals surface area contributed by atoms with Crippen LogP contribution in [0.4, 0.5) is 0 Å². The molecule has 0 aliphatic heterocycles. The predicted molar refractivity (Wildman–Crippen MR) is 82.6 cm³/mol. The van der Waals surface area contributed by atoms with Gasteiger partial charge in [0.05, 0.1) is 0 Å². The summed E-state index contributed by atoms with van der Waals surface area (Å²) in [6.07, 6.45) is 13.3. The molecule has 1 fully saturated rings. The lowest BCUT2D eigenvalue weighted by Crippen LogP contribution is -2.13. The maximum absolute atomic E-state index is 2.34. The summed E-state index contributed by atoms with van der Waals surface area (Å²) in [4.78, 5) is 0. The zero-order valence-corrected chi connectivity index (χ0v) is 13.5. The van der Waals surface area contributed by atoms with E-state index in [0.717, 1.165) is 11.8 Å². The van der Waals surface area contributed by atoms with Crippen LogP contribution in [-0.4, -0.2) is 0 Å². The van der Waals surface area contributed by atoms with Gasteiger partial charge in [-0.15, -0.1) is 0 Å². The van der Waals surface area contributed by atoms with Crippen molar-refractivity contribution in [1.82, 2.24) is 0 Å². The van der Waals surface area contributed by atoms with Gasteiger partial charge in [0, 0.05) is 0 Å². The summed E-state index contributed by atoms with van der Waals surface area (Å²) in [7, 11) is 0. The lowest BCUT2D eigenvalue weighted by atomic mass is 9.82. The molecule has 0 aromatic carbocycles. The molecule has 0 saturated heterocycles. The third-order valence-electron chi connectivity index (χ3n) is 3.64. The lowest BCUT2D eigenvalue weighted by Gasteiger charge is -2.24. The maximum atomic E-state index is 2.34. The van der Waals surface area contributed by atoms with Gasteiger partial charge >= 0.3 is 0 Å². The zero-order valence-electron chi connectivity index (χ0n) is 13.5. The molecule has 1 aliphatic carbocycles. The Morgan fingerprint density at radius 2 is 1.00 bits per heavy atom. The molecule has 17 heavy (non-hydrogen) atoms. The molecular weight excluding hydrogens is 204 g/mol. The molecule has 0 radical (unpaired) electrons. The Morgan fingerprint density at radius 1 is 0.647 bits per heavy atom. The molecule has 0 aromatic rings. The van der Waals surface area contributed by atoms with Crippen LogP contribution in [-0.2, 0) is 0 Å². The predicted octanol–water partition coefficient (Wildman–Crippen LogP) is 6.84. The minimum atomic E-state index is 1.08. The Labute approximate surface area is 112 Å². The highest BCUT2D eigenvalue weighted by Crippen LogP contribution is 2.34. The Morgan fingerprint density at radius 3 is 1.29 bits per heavy atom. The third-order valence-corrected chi connectivity index (χ3v) is 3.64. The summed E-state index contributed by atoms with van der Waals surface area (Å²) in [5.74, 6) is 2.15. The average molecular weight is 242 g/mol. The SMILES string of the molecule is CC.CC.CCCC1CCCCCC1CCC. The van der Waals surface area contributed by atoms with E-state index < -0.39 is 0 Å². The minimum Gasteiger partial charge on any atom is -0.0683 e. The van der Waals surface area contributed by atoms with Gasteiger partial charge in [-0.25, -0.2) is 0 Å². The van der Waals surface area contributed by atoms with Crippen LogP contribution in [0.1, 0.15) is 99.3 Å². The fourth-order valence-electron chi connectivity index (χ4n) is 2.96. The van der Waals surface area contributed by atoms with E-state index in [9.17, 15) is 0 Å². The first kappa shape index (κ1) is 19.3. The summed E-state index contributed by atoms with van der Waals surface area (Å²) < 4.78 is 0. The van der Waals surface area contributed by atoms with Gasteiger partial charge in [0.25, 0.3) is 0 Å². The second kappa shape index (κ2) is 16.0. The van der Waals surface area contributed by atoms with Crippen LogP contribution in [0.25, 0.3) is 0 Å². The zero-order chi connectivity index (χ0) is 13.5. The molecule has 0 spiro atoms. The molecule has 0 heterocycles. The molecule has 1 saturated carbocycles. The standard InChI is InChI=1S/C13H26.2C2H6/c1-3-8-12-10-6-5-7-11-13(12)9-4-2;2*1-2/h12-13H,3-11H2,1-2H3;2*1-2H3. The van der Waals surface area contributed by atoms with E-state index in [0.29, 0.717) is 0 Å². The molecule has 0 amide bonds. The van der Waals surface area contributed by atoms with Crippen molar-refractivity contribution in [2.45, 2.75) is 99.3 Å². The van der Waals surface area contributed by atoms with Gasteiger partial charge in [-0.2, -0.15) is 0 Å². The number of rotatable bonds is 4. The van der Waals surface area contributed by atoms with Gasteiger partial charge in [-0.1, -0.05) is 99.3 Å². The Balaban J connectivity index is 0. The molecule has 2 atom stereocenters. The monoisotopic (exact) mass is 242 g/mol.